The second kappa shape index (κ2) is 9.71. The minimum atomic E-state index is -0.850. The van der Waals surface area contributed by atoms with Crippen LogP contribution in [0.25, 0.3) is 5.76 Å². The van der Waals surface area contributed by atoms with E-state index in [-0.39, 0.29) is 16.7 Å². The Morgan fingerprint density at radius 2 is 1.65 bits per heavy atom. The standard InChI is InChI=1S/C31H32ClNO4/c1-17-15-18(2)29(37-7)22(16-17)27(34)25-26(20-11-13-21(14-12-20)31(4,5)6)33(30(36)28(25)35)24-10-8-9-23(32)19(24)3/h8-16,26,34H,1-7H3/b27-25+. The highest BCUT2D eigenvalue weighted by atomic mass is 35.5. The summed E-state index contributed by atoms with van der Waals surface area (Å²) < 4.78 is 5.59. The van der Waals surface area contributed by atoms with Crippen molar-refractivity contribution < 1.29 is 19.4 Å². The lowest BCUT2D eigenvalue weighted by atomic mass is 9.85. The first-order valence-electron chi connectivity index (χ1n) is 12.2. The number of halogens is 1. The number of aliphatic hydroxyl groups excluding tert-OH is 1. The highest BCUT2D eigenvalue weighted by Crippen LogP contribution is 2.45. The van der Waals surface area contributed by atoms with Gasteiger partial charge in [0.2, 0.25) is 0 Å². The lowest BCUT2D eigenvalue weighted by molar-refractivity contribution is -0.132. The van der Waals surface area contributed by atoms with Crippen molar-refractivity contribution in [2.75, 3.05) is 12.0 Å². The summed E-state index contributed by atoms with van der Waals surface area (Å²) in [5, 5.41) is 12.1. The number of aliphatic hydroxyl groups is 1. The molecular formula is C31H32ClNO4. The first kappa shape index (κ1) is 26.5. The van der Waals surface area contributed by atoms with Crippen LogP contribution in [0.3, 0.4) is 0 Å². The normalized spacial score (nSPS) is 17.4. The average molecular weight is 518 g/mol. The van der Waals surface area contributed by atoms with Crippen molar-refractivity contribution in [3.63, 3.8) is 0 Å². The third-order valence-electron chi connectivity index (χ3n) is 6.91. The Morgan fingerprint density at radius 1 is 1.00 bits per heavy atom. The van der Waals surface area contributed by atoms with Crippen LogP contribution in [-0.4, -0.2) is 23.9 Å². The first-order valence-corrected chi connectivity index (χ1v) is 12.6. The predicted octanol–water partition coefficient (Wildman–Crippen LogP) is 7.20. The lowest BCUT2D eigenvalue weighted by Gasteiger charge is -2.28. The summed E-state index contributed by atoms with van der Waals surface area (Å²) in [4.78, 5) is 28.6. The average Bonchev–Trinajstić information content (AvgIpc) is 3.10. The Hall–Kier alpha value is -3.57. The number of aryl methyl sites for hydroxylation is 2. The fourth-order valence-electron chi connectivity index (χ4n) is 4.97. The summed E-state index contributed by atoms with van der Waals surface area (Å²) in [6.45, 7) is 11.9. The highest BCUT2D eigenvalue weighted by Gasteiger charge is 2.47. The van der Waals surface area contributed by atoms with Gasteiger partial charge >= 0.3 is 0 Å². The number of nitrogens with zero attached hydrogens (tertiary/aromatic N) is 1. The molecule has 4 rings (SSSR count). The third kappa shape index (κ3) is 4.64. The number of hydrogen-bond acceptors (Lipinski definition) is 4. The van der Waals surface area contributed by atoms with Gasteiger partial charge < -0.3 is 9.84 Å². The molecule has 0 aromatic heterocycles. The number of carbonyl (C=O) groups is 2. The second-order valence-corrected chi connectivity index (χ2v) is 11.0. The van der Waals surface area contributed by atoms with E-state index in [0.29, 0.717) is 33.1 Å². The van der Waals surface area contributed by atoms with E-state index in [1.807, 2.05) is 51.1 Å². The summed E-state index contributed by atoms with van der Waals surface area (Å²) in [5.41, 5.74) is 5.03. The van der Waals surface area contributed by atoms with Gasteiger partial charge in [0.25, 0.3) is 11.7 Å². The molecule has 1 fully saturated rings. The van der Waals surface area contributed by atoms with Crippen LogP contribution in [0.1, 0.15) is 60.2 Å². The summed E-state index contributed by atoms with van der Waals surface area (Å²) in [5.74, 6) is -1.30. The summed E-state index contributed by atoms with van der Waals surface area (Å²) in [6.07, 6.45) is 0. The van der Waals surface area contributed by atoms with Crippen LogP contribution in [0, 0.1) is 20.8 Å². The number of ketones is 1. The number of carbonyl (C=O) groups excluding carboxylic acids is 2. The van der Waals surface area contributed by atoms with E-state index in [0.717, 1.165) is 16.7 Å². The van der Waals surface area contributed by atoms with Crippen molar-refractivity contribution in [1.29, 1.82) is 0 Å². The van der Waals surface area contributed by atoms with Crippen LogP contribution in [0.4, 0.5) is 5.69 Å². The Bertz CT molecular complexity index is 1430. The van der Waals surface area contributed by atoms with Crippen LogP contribution in [0.5, 0.6) is 5.75 Å². The number of benzene rings is 3. The van der Waals surface area contributed by atoms with Crippen molar-refractivity contribution in [1.82, 2.24) is 0 Å². The number of methoxy groups -OCH3 is 1. The zero-order chi connectivity index (χ0) is 27.2. The molecule has 3 aromatic carbocycles. The van der Waals surface area contributed by atoms with E-state index in [9.17, 15) is 14.7 Å². The predicted molar refractivity (Wildman–Crippen MR) is 149 cm³/mol. The van der Waals surface area contributed by atoms with Crippen molar-refractivity contribution in [3.8, 4) is 5.75 Å². The molecule has 1 atom stereocenters. The SMILES string of the molecule is COc1c(C)cc(C)cc1/C(O)=C1\C(=O)C(=O)N(c2cccc(Cl)c2C)C1c1ccc(C(C)(C)C)cc1. The van der Waals surface area contributed by atoms with E-state index in [2.05, 4.69) is 20.8 Å². The number of amides is 1. The van der Waals surface area contributed by atoms with Crippen molar-refractivity contribution in [2.45, 2.75) is 53.0 Å². The van der Waals surface area contributed by atoms with Gasteiger partial charge in [-0.05, 0) is 72.2 Å². The zero-order valence-corrected chi connectivity index (χ0v) is 23.0. The molecule has 3 aromatic rings. The first-order chi connectivity index (χ1) is 17.4. The molecule has 0 aliphatic carbocycles. The van der Waals surface area contributed by atoms with Gasteiger partial charge in [0, 0.05) is 10.7 Å². The molecule has 5 nitrogen and oxygen atoms in total. The molecule has 0 spiro atoms. The topological polar surface area (TPSA) is 66.8 Å². The monoisotopic (exact) mass is 517 g/mol. The molecule has 1 amide bonds. The summed E-state index contributed by atoms with van der Waals surface area (Å²) in [7, 11) is 1.52. The van der Waals surface area contributed by atoms with Gasteiger partial charge in [-0.2, -0.15) is 0 Å². The maximum Gasteiger partial charge on any atom is 0.300 e. The smallest absolute Gasteiger partial charge is 0.300 e. The molecule has 1 aliphatic heterocycles. The largest absolute Gasteiger partial charge is 0.507 e. The molecule has 1 aliphatic rings. The van der Waals surface area contributed by atoms with E-state index >= 15 is 0 Å². The minimum Gasteiger partial charge on any atom is -0.507 e. The molecule has 37 heavy (non-hydrogen) atoms. The molecule has 1 saturated heterocycles. The van der Waals surface area contributed by atoms with Gasteiger partial charge in [-0.25, -0.2) is 0 Å². The van der Waals surface area contributed by atoms with Crippen LogP contribution >= 0.6 is 11.6 Å². The Kier molecular flexibility index (Phi) is 6.95. The Morgan fingerprint density at radius 3 is 2.24 bits per heavy atom. The summed E-state index contributed by atoms with van der Waals surface area (Å²) >= 11 is 6.41. The molecule has 0 radical (unpaired) electrons. The van der Waals surface area contributed by atoms with Crippen LogP contribution in [0.15, 0.2) is 60.2 Å². The highest BCUT2D eigenvalue weighted by molar-refractivity contribution is 6.52. The number of hydrogen-bond donors (Lipinski definition) is 1. The van der Waals surface area contributed by atoms with Crippen molar-refractivity contribution in [2.24, 2.45) is 0 Å². The zero-order valence-electron chi connectivity index (χ0n) is 22.3. The van der Waals surface area contributed by atoms with E-state index in [4.69, 9.17) is 16.3 Å². The lowest BCUT2D eigenvalue weighted by Crippen LogP contribution is -2.30. The Balaban J connectivity index is 2.02. The Labute approximate surface area is 223 Å². The van der Waals surface area contributed by atoms with E-state index < -0.39 is 17.7 Å². The van der Waals surface area contributed by atoms with Crippen LogP contribution < -0.4 is 9.64 Å². The molecule has 0 bridgehead atoms. The van der Waals surface area contributed by atoms with Gasteiger partial charge in [0.15, 0.2) is 0 Å². The maximum absolute atomic E-state index is 13.6. The van der Waals surface area contributed by atoms with Crippen LogP contribution in [0.2, 0.25) is 5.02 Å². The van der Waals surface area contributed by atoms with Crippen molar-refractivity contribution >= 4 is 34.7 Å². The molecular weight excluding hydrogens is 486 g/mol. The van der Waals surface area contributed by atoms with Gasteiger partial charge in [0.05, 0.1) is 24.3 Å². The number of anilines is 1. The summed E-state index contributed by atoms with van der Waals surface area (Å²) in [6, 6.07) is 15.9. The van der Waals surface area contributed by atoms with Gasteiger partial charge in [-0.3, -0.25) is 14.5 Å². The van der Waals surface area contributed by atoms with Crippen LogP contribution in [-0.2, 0) is 15.0 Å². The van der Waals surface area contributed by atoms with Gasteiger partial charge in [-0.1, -0.05) is 68.8 Å². The van der Waals surface area contributed by atoms with Crippen molar-refractivity contribution in [3.05, 3.63) is 98.6 Å². The molecule has 1 heterocycles. The molecule has 6 heteroatoms. The number of rotatable bonds is 4. The number of Topliss-reactive ketones (excluding diaryl/α,β-unsaturated/α-hetero) is 1. The fraction of sp³-hybridized carbons (Fsp3) is 0.290. The molecule has 1 N–H and O–H groups in total. The molecule has 0 saturated carbocycles. The van der Waals surface area contributed by atoms with Gasteiger partial charge in [-0.15, -0.1) is 0 Å². The van der Waals surface area contributed by atoms with E-state index in [1.165, 1.54) is 12.0 Å². The van der Waals surface area contributed by atoms with Gasteiger partial charge in [0.1, 0.15) is 11.5 Å². The molecule has 192 valence electrons. The van der Waals surface area contributed by atoms with E-state index in [1.54, 1.807) is 24.3 Å². The molecule has 1 unspecified atom stereocenters. The quantitative estimate of drug-likeness (QED) is 0.226. The second-order valence-electron chi connectivity index (χ2n) is 10.6. The third-order valence-corrected chi connectivity index (χ3v) is 7.32. The fourth-order valence-corrected chi connectivity index (χ4v) is 5.13. The number of ether oxygens (including phenoxy) is 1. The maximum atomic E-state index is 13.6. The minimum absolute atomic E-state index is 0.0104.